The van der Waals surface area contributed by atoms with E-state index in [2.05, 4.69) is 6.07 Å². The Morgan fingerprint density at radius 3 is 2.52 bits per heavy atom. The molecule has 1 aromatic heterocycles. The number of methoxy groups -OCH3 is 1. The maximum absolute atomic E-state index is 12.8. The lowest BCUT2D eigenvalue weighted by Gasteiger charge is -2.14. The van der Waals surface area contributed by atoms with Gasteiger partial charge in [0.15, 0.2) is 5.56 Å². The highest BCUT2D eigenvalue weighted by Crippen LogP contribution is 2.30. The molecule has 1 N–H and O–H groups in total. The number of nitriles is 2. The summed E-state index contributed by atoms with van der Waals surface area (Å²) in [5.41, 5.74) is 1.01. The molecular formula is C19H13N3O3. The monoisotopic (exact) mass is 331 g/mol. The summed E-state index contributed by atoms with van der Waals surface area (Å²) in [5, 5.41) is 29.1. The van der Waals surface area contributed by atoms with Crippen LogP contribution in [0.5, 0.6) is 11.5 Å². The Kier molecular flexibility index (Phi) is 3.88. The molecule has 0 fully saturated rings. The summed E-state index contributed by atoms with van der Waals surface area (Å²) in [4.78, 5) is 12.8. The molecule has 6 heteroatoms. The van der Waals surface area contributed by atoms with E-state index < -0.39 is 5.56 Å². The summed E-state index contributed by atoms with van der Waals surface area (Å²) >= 11 is 0. The van der Waals surface area contributed by atoms with Gasteiger partial charge in [-0.2, -0.15) is 10.5 Å². The summed E-state index contributed by atoms with van der Waals surface area (Å²) in [6.07, 6.45) is 0. The largest absolute Gasteiger partial charge is 0.506 e. The summed E-state index contributed by atoms with van der Waals surface area (Å²) < 4.78 is 6.50. The Morgan fingerprint density at radius 2 is 1.88 bits per heavy atom. The fourth-order valence-corrected chi connectivity index (χ4v) is 2.71. The van der Waals surface area contributed by atoms with E-state index in [0.717, 1.165) is 5.56 Å². The molecule has 2 aromatic carbocycles. The maximum atomic E-state index is 12.8. The minimum atomic E-state index is -0.659. The number of aromatic hydroxyl groups is 1. The molecular weight excluding hydrogens is 318 g/mol. The zero-order chi connectivity index (χ0) is 18.1. The van der Waals surface area contributed by atoms with Crippen LogP contribution < -0.4 is 10.3 Å². The fraction of sp³-hybridized carbons (Fsp3) is 0.105. The Bertz CT molecular complexity index is 1150. The van der Waals surface area contributed by atoms with E-state index >= 15 is 0 Å². The first kappa shape index (κ1) is 16.1. The molecule has 0 aliphatic carbocycles. The number of fused-ring (bicyclic) bond motifs is 1. The van der Waals surface area contributed by atoms with Crippen LogP contribution in [0.3, 0.4) is 0 Å². The van der Waals surface area contributed by atoms with Gasteiger partial charge in [0.25, 0.3) is 5.56 Å². The summed E-state index contributed by atoms with van der Waals surface area (Å²) in [6, 6.07) is 13.6. The van der Waals surface area contributed by atoms with Crippen molar-refractivity contribution >= 4 is 10.9 Å². The lowest BCUT2D eigenvalue weighted by atomic mass is 10.1. The molecule has 3 aromatic rings. The molecule has 0 radical (unpaired) electrons. The first-order valence-electron chi connectivity index (χ1n) is 7.38. The van der Waals surface area contributed by atoms with Gasteiger partial charge in [-0.1, -0.05) is 6.07 Å². The van der Waals surface area contributed by atoms with Crippen LogP contribution >= 0.6 is 0 Å². The summed E-state index contributed by atoms with van der Waals surface area (Å²) in [5.74, 6) is 0.131. The van der Waals surface area contributed by atoms with Crippen molar-refractivity contribution in [2.24, 2.45) is 0 Å². The van der Waals surface area contributed by atoms with Crippen molar-refractivity contribution in [1.29, 1.82) is 10.5 Å². The SMILES string of the molecule is COc1ccc2c(O)c(C#N)c(=O)n(-c3ccc(C)c(C#N)c3)c2c1. The second-order valence-corrected chi connectivity index (χ2v) is 5.47. The second-order valence-electron chi connectivity index (χ2n) is 5.47. The molecule has 0 aliphatic heterocycles. The van der Waals surface area contributed by atoms with Crippen molar-refractivity contribution in [3.8, 4) is 29.3 Å². The third kappa shape index (κ3) is 2.46. The second kappa shape index (κ2) is 6.03. The van der Waals surface area contributed by atoms with Crippen molar-refractivity contribution in [3.05, 3.63) is 63.4 Å². The number of pyridine rings is 1. The molecule has 0 bridgehead atoms. The fourth-order valence-electron chi connectivity index (χ4n) is 2.71. The highest BCUT2D eigenvalue weighted by molar-refractivity contribution is 5.89. The van der Waals surface area contributed by atoms with Crippen LogP contribution in [-0.2, 0) is 0 Å². The van der Waals surface area contributed by atoms with E-state index in [4.69, 9.17) is 4.74 Å². The number of aromatic nitrogens is 1. The smallest absolute Gasteiger partial charge is 0.277 e. The van der Waals surface area contributed by atoms with Crippen LogP contribution in [-0.4, -0.2) is 16.8 Å². The molecule has 6 nitrogen and oxygen atoms in total. The number of nitrogens with zero attached hydrogens (tertiary/aromatic N) is 3. The molecule has 122 valence electrons. The average molecular weight is 331 g/mol. The average Bonchev–Trinajstić information content (AvgIpc) is 2.63. The number of hydrogen-bond donors (Lipinski definition) is 1. The topological polar surface area (TPSA) is 99.0 Å². The molecule has 0 atom stereocenters. The number of hydrogen-bond acceptors (Lipinski definition) is 5. The number of ether oxygens (including phenoxy) is 1. The van der Waals surface area contributed by atoms with Crippen LogP contribution in [0.4, 0.5) is 0 Å². The van der Waals surface area contributed by atoms with Gasteiger partial charge >= 0.3 is 0 Å². The van der Waals surface area contributed by atoms with Crippen molar-refractivity contribution < 1.29 is 9.84 Å². The zero-order valence-corrected chi connectivity index (χ0v) is 13.6. The van der Waals surface area contributed by atoms with Crippen molar-refractivity contribution in [2.75, 3.05) is 7.11 Å². The van der Waals surface area contributed by atoms with E-state index in [1.807, 2.05) is 0 Å². The molecule has 0 aliphatic rings. The highest BCUT2D eigenvalue weighted by Gasteiger charge is 2.18. The van der Waals surface area contributed by atoms with E-state index in [9.17, 15) is 20.4 Å². The quantitative estimate of drug-likeness (QED) is 0.778. The molecule has 1 heterocycles. The standard InChI is InChI=1S/C19H13N3O3/c1-11-3-4-13(7-12(11)9-20)22-17-8-14(25-2)5-6-15(17)18(23)16(10-21)19(22)24/h3-8,23H,1-2H3. The predicted molar refractivity (Wildman–Crippen MR) is 91.9 cm³/mol. The van der Waals surface area contributed by atoms with E-state index in [0.29, 0.717) is 27.9 Å². The van der Waals surface area contributed by atoms with Crippen molar-refractivity contribution in [1.82, 2.24) is 4.57 Å². The lowest BCUT2D eigenvalue weighted by Crippen LogP contribution is -2.22. The van der Waals surface area contributed by atoms with Gasteiger partial charge in [-0.15, -0.1) is 0 Å². The van der Waals surface area contributed by atoms with Crippen LogP contribution in [0.15, 0.2) is 41.2 Å². The van der Waals surface area contributed by atoms with Gasteiger partial charge in [-0.25, -0.2) is 0 Å². The van der Waals surface area contributed by atoms with Gasteiger partial charge in [-0.3, -0.25) is 9.36 Å². The molecule has 0 saturated heterocycles. The summed E-state index contributed by atoms with van der Waals surface area (Å²) in [7, 11) is 1.49. The van der Waals surface area contributed by atoms with E-state index in [1.54, 1.807) is 49.4 Å². The third-order valence-corrected chi connectivity index (χ3v) is 4.07. The lowest BCUT2D eigenvalue weighted by molar-refractivity contribution is 0.415. The number of aryl methyl sites for hydroxylation is 1. The molecule has 0 saturated carbocycles. The minimum absolute atomic E-state index is 0.344. The van der Waals surface area contributed by atoms with E-state index in [1.165, 1.54) is 11.7 Å². The minimum Gasteiger partial charge on any atom is -0.506 e. The van der Waals surface area contributed by atoms with Gasteiger partial charge in [0.1, 0.15) is 17.6 Å². The summed E-state index contributed by atoms with van der Waals surface area (Å²) in [6.45, 7) is 1.80. The molecule has 25 heavy (non-hydrogen) atoms. The molecule has 0 spiro atoms. The first-order valence-corrected chi connectivity index (χ1v) is 7.38. The van der Waals surface area contributed by atoms with Crippen LogP contribution in [0.2, 0.25) is 0 Å². The first-order chi connectivity index (χ1) is 12.0. The van der Waals surface area contributed by atoms with E-state index in [-0.39, 0.29) is 11.3 Å². The van der Waals surface area contributed by atoms with Crippen LogP contribution in [0.1, 0.15) is 16.7 Å². The number of benzene rings is 2. The third-order valence-electron chi connectivity index (χ3n) is 4.07. The van der Waals surface area contributed by atoms with Gasteiger partial charge in [-0.05, 0) is 36.8 Å². The Hall–Kier alpha value is -3.77. The van der Waals surface area contributed by atoms with Gasteiger partial charge in [0, 0.05) is 11.5 Å². The van der Waals surface area contributed by atoms with Gasteiger partial charge in [0.2, 0.25) is 0 Å². The molecule has 0 amide bonds. The zero-order valence-electron chi connectivity index (χ0n) is 13.6. The Morgan fingerprint density at radius 1 is 1.12 bits per heavy atom. The van der Waals surface area contributed by atoms with Crippen LogP contribution in [0, 0.1) is 29.6 Å². The van der Waals surface area contributed by atoms with Crippen molar-refractivity contribution in [2.45, 2.75) is 6.92 Å². The predicted octanol–water partition coefficient (Wildman–Crippen LogP) is 2.76. The van der Waals surface area contributed by atoms with Gasteiger partial charge in [0.05, 0.1) is 29.9 Å². The van der Waals surface area contributed by atoms with Crippen molar-refractivity contribution in [3.63, 3.8) is 0 Å². The maximum Gasteiger partial charge on any atom is 0.277 e. The van der Waals surface area contributed by atoms with Gasteiger partial charge < -0.3 is 9.84 Å². The normalized spacial score (nSPS) is 10.2. The molecule has 0 unspecified atom stereocenters. The Balaban J connectivity index is 2.51. The van der Waals surface area contributed by atoms with Crippen LogP contribution in [0.25, 0.3) is 16.6 Å². The number of rotatable bonds is 2. The highest BCUT2D eigenvalue weighted by atomic mass is 16.5. The Labute approximate surface area is 143 Å². The molecule has 3 rings (SSSR count).